The molecule has 110 valence electrons. The van der Waals surface area contributed by atoms with Gasteiger partial charge in [-0.25, -0.2) is 0 Å². The molecule has 0 fully saturated rings. The number of rotatable bonds is 4. The molecule has 1 N–H and O–H groups in total. The van der Waals surface area contributed by atoms with Gasteiger partial charge in [0.1, 0.15) is 5.75 Å². The predicted molar refractivity (Wildman–Crippen MR) is 88.1 cm³/mol. The van der Waals surface area contributed by atoms with Gasteiger partial charge in [0.2, 0.25) is 0 Å². The van der Waals surface area contributed by atoms with Gasteiger partial charge in [-0.05, 0) is 28.5 Å². The van der Waals surface area contributed by atoms with Crippen LogP contribution in [-0.2, 0) is 6.54 Å². The molecule has 0 spiro atoms. The summed E-state index contributed by atoms with van der Waals surface area (Å²) in [7, 11) is 1.57. The zero-order valence-corrected chi connectivity index (χ0v) is 12.4. The van der Waals surface area contributed by atoms with Crippen molar-refractivity contribution in [2.24, 2.45) is 0 Å². The summed E-state index contributed by atoms with van der Waals surface area (Å²) in [5.41, 5.74) is 1.64. The van der Waals surface area contributed by atoms with Crippen LogP contribution in [0.1, 0.15) is 15.9 Å². The molecule has 0 heterocycles. The van der Waals surface area contributed by atoms with Gasteiger partial charge >= 0.3 is 0 Å². The summed E-state index contributed by atoms with van der Waals surface area (Å²) in [6.07, 6.45) is 0. The van der Waals surface area contributed by atoms with Crippen LogP contribution in [0.4, 0.5) is 0 Å². The number of amides is 1. The van der Waals surface area contributed by atoms with Crippen molar-refractivity contribution in [2.75, 3.05) is 7.11 Å². The number of methoxy groups -OCH3 is 1. The topological polar surface area (TPSA) is 38.3 Å². The molecule has 0 saturated heterocycles. The van der Waals surface area contributed by atoms with Crippen molar-refractivity contribution in [1.29, 1.82) is 0 Å². The van der Waals surface area contributed by atoms with Gasteiger partial charge in [-0.1, -0.05) is 54.6 Å². The van der Waals surface area contributed by atoms with E-state index in [1.54, 1.807) is 19.2 Å². The number of ether oxygens (including phenoxy) is 1. The van der Waals surface area contributed by atoms with Crippen LogP contribution in [0.3, 0.4) is 0 Å². The van der Waals surface area contributed by atoms with E-state index in [-0.39, 0.29) is 5.91 Å². The van der Waals surface area contributed by atoms with Gasteiger partial charge in [0.05, 0.1) is 12.7 Å². The Morgan fingerprint density at radius 2 is 1.68 bits per heavy atom. The molecule has 3 aromatic carbocycles. The zero-order chi connectivity index (χ0) is 15.4. The van der Waals surface area contributed by atoms with E-state index in [0.29, 0.717) is 17.9 Å². The van der Waals surface area contributed by atoms with Crippen molar-refractivity contribution in [2.45, 2.75) is 6.54 Å². The van der Waals surface area contributed by atoms with Crippen LogP contribution in [0.5, 0.6) is 5.75 Å². The molecule has 0 aliphatic rings. The van der Waals surface area contributed by atoms with Gasteiger partial charge < -0.3 is 10.1 Å². The van der Waals surface area contributed by atoms with Crippen molar-refractivity contribution in [3.05, 3.63) is 77.9 Å². The SMILES string of the molecule is COc1ccccc1C(=O)NCc1cccc2ccccc12. The van der Waals surface area contributed by atoms with E-state index in [4.69, 9.17) is 4.74 Å². The molecule has 0 aliphatic heterocycles. The Morgan fingerprint density at radius 1 is 0.955 bits per heavy atom. The maximum absolute atomic E-state index is 12.3. The van der Waals surface area contributed by atoms with Gasteiger partial charge in [0.25, 0.3) is 5.91 Å². The van der Waals surface area contributed by atoms with Crippen molar-refractivity contribution >= 4 is 16.7 Å². The summed E-state index contributed by atoms with van der Waals surface area (Å²) in [6, 6.07) is 21.5. The molecule has 0 radical (unpaired) electrons. The number of hydrogen-bond donors (Lipinski definition) is 1. The lowest BCUT2D eigenvalue weighted by Crippen LogP contribution is -2.23. The third kappa shape index (κ3) is 2.79. The lowest BCUT2D eigenvalue weighted by molar-refractivity contribution is 0.0948. The first-order valence-electron chi connectivity index (χ1n) is 7.17. The number of nitrogens with one attached hydrogen (secondary N) is 1. The van der Waals surface area contributed by atoms with E-state index in [0.717, 1.165) is 10.9 Å². The third-order valence-electron chi connectivity index (χ3n) is 3.67. The van der Waals surface area contributed by atoms with Crippen molar-refractivity contribution < 1.29 is 9.53 Å². The lowest BCUT2D eigenvalue weighted by atomic mass is 10.0. The normalized spacial score (nSPS) is 10.4. The second kappa shape index (κ2) is 6.31. The molecule has 0 unspecified atom stereocenters. The minimum atomic E-state index is -0.134. The van der Waals surface area contributed by atoms with Crippen LogP contribution in [0, 0.1) is 0 Å². The Hall–Kier alpha value is -2.81. The van der Waals surface area contributed by atoms with Crippen molar-refractivity contribution in [3.8, 4) is 5.75 Å². The average molecular weight is 291 g/mol. The van der Waals surface area contributed by atoms with Gasteiger partial charge in [-0.2, -0.15) is 0 Å². The zero-order valence-electron chi connectivity index (χ0n) is 12.4. The number of fused-ring (bicyclic) bond motifs is 1. The van der Waals surface area contributed by atoms with E-state index in [1.165, 1.54) is 5.39 Å². The van der Waals surface area contributed by atoms with Gasteiger partial charge in [0.15, 0.2) is 0 Å². The Balaban J connectivity index is 1.81. The highest BCUT2D eigenvalue weighted by molar-refractivity contribution is 5.97. The second-order valence-electron chi connectivity index (χ2n) is 5.02. The van der Waals surface area contributed by atoms with Crippen LogP contribution in [0.2, 0.25) is 0 Å². The predicted octanol–water partition coefficient (Wildman–Crippen LogP) is 3.78. The third-order valence-corrected chi connectivity index (χ3v) is 3.67. The van der Waals surface area contributed by atoms with E-state index >= 15 is 0 Å². The van der Waals surface area contributed by atoms with Crippen LogP contribution in [0.15, 0.2) is 66.7 Å². The Kier molecular flexibility index (Phi) is 4.05. The maximum atomic E-state index is 12.3. The summed E-state index contributed by atoms with van der Waals surface area (Å²) in [5, 5.41) is 5.29. The number of para-hydroxylation sites is 1. The van der Waals surface area contributed by atoms with E-state index in [1.807, 2.05) is 36.4 Å². The Bertz CT molecular complexity index is 806. The smallest absolute Gasteiger partial charge is 0.255 e. The largest absolute Gasteiger partial charge is 0.496 e. The first-order valence-corrected chi connectivity index (χ1v) is 7.17. The van der Waals surface area contributed by atoms with Crippen LogP contribution in [-0.4, -0.2) is 13.0 Å². The summed E-state index contributed by atoms with van der Waals surface area (Å²) < 4.78 is 5.23. The van der Waals surface area contributed by atoms with Gasteiger partial charge in [-0.3, -0.25) is 4.79 Å². The highest BCUT2D eigenvalue weighted by atomic mass is 16.5. The Morgan fingerprint density at radius 3 is 2.55 bits per heavy atom. The first kappa shape index (κ1) is 14.1. The average Bonchev–Trinajstić information content (AvgIpc) is 2.59. The molecule has 0 saturated carbocycles. The molecular weight excluding hydrogens is 274 g/mol. The number of carbonyl (C=O) groups is 1. The molecule has 3 rings (SSSR count). The van der Waals surface area contributed by atoms with E-state index in [9.17, 15) is 4.79 Å². The molecule has 22 heavy (non-hydrogen) atoms. The summed E-state index contributed by atoms with van der Waals surface area (Å²) in [4.78, 5) is 12.3. The molecular formula is C19H17NO2. The molecule has 0 aliphatic carbocycles. The van der Waals surface area contributed by atoms with Crippen LogP contribution >= 0.6 is 0 Å². The quantitative estimate of drug-likeness (QED) is 0.794. The highest BCUT2D eigenvalue weighted by Gasteiger charge is 2.11. The minimum absolute atomic E-state index is 0.134. The first-order chi connectivity index (χ1) is 10.8. The molecule has 1 amide bonds. The number of hydrogen-bond acceptors (Lipinski definition) is 2. The summed E-state index contributed by atoms with van der Waals surface area (Å²) in [6.45, 7) is 0.484. The lowest BCUT2D eigenvalue weighted by Gasteiger charge is -2.10. The highest BCUT2D eigenvalue weighted by Crippen LogP contribution is 2.20. The van der Waals surface area contributed by atoms with Crippen LogP contribution < -0.4 is 10.1 Å². The molecule has 0 bridgehead atoms. The standard InChI is InChI=1S/C19H17NO2/c1-22-18-12-5-4-11-17(18)19(21)20-13-15-9-6-8-14-7-2-3-10-16(14)15/h2-12H,13H2,1H3,(H,20,21). The van der Waals surface area contributed by atoms with Crippen molar-refractivity contribution in [3.63, 3.8) is 0 Å². The molecule has 0 atom stereocenters. The molecule has 0 aromatic heterocycles. The molecule has 3 heteroatoms. The summed E-state index contributed by atoms with van der Waals surface area (Å²) >= 11 is 0. The van der Waals surface area contributed by atoms with E-state index in [2.05, 4.69) is 23.5 Å². The number of carbonyl (C=O) groups excluding carboxylic acids is 1. The van der Waals surface area contributed by atoms with Gasteiger partial charge in [-0.15, -0.1) is 0 Å². The Labute approximate surface area is 129 Å². The monoisotopic (exact) mass is 291 g/mol. The summed E-state index contributed by atoms with van der Waals surface area (Å²) in [5.74, 6) is 0.448. The van der Waals surface area contributed by atoms with Crippen molar-refractivity contribution in [1.82, 2.24) is 5.32 Å². The fourth-order valence-electron chi connectivity index (χ4n) is 2.55. The second-order valence-corrected chi connectivity index (χ2v) is 5.02. The fraction of sp³-hybridized carbons (Fsp3) is 0.105. The molecule has 3 aromatic rings. The van der Waals surface area contributed by atoms with E-state index < -0.39 is 0 Å². The maximum Gasteiger partial charge on any atom is 0.255 e. The van der Waals surface area contributed by atoms with Crippen LogP contribution in [0.25, 0.3) is 10.8 Å². The van der Waals surface area contributed by atoms with Gasteiger partial charge in [0, 0.05) is 6.54 Å². The molecule has 3 nitrogen and oxygen atoms in total. The fourth-order valence-corrected chi connectivity index (χ4v) is 2.55. The number of benzene rings is 3. The minimum Gasteiger partial charge on any atom is -0.496 e.